The lowest BCUT2D eigenvalue weighted by Crippen LogP contribution is -2.55. The summed E-state index contributed by atoms with van der Waals surface area (Å²) in [4.78, 5) is 0. The van der Waals surface area contributed by atoms with Crippen molar-refractivity contribution in [2.45, 2.75) is 88.4 Å². The van der Waals surface area contributed by atoms with Gasteiger partial charge in [0.25, 0.3) is 0 Å². The maximum absolute atomic E-state index is 3.88. The van der Waals surface area contributed by atoms with Gasteiger partial charge in [-0.2, -0.15) is 0 Å². The first-order valence-electron chi connectivity index (χ1n) is 9.85. The molecule has 0 radical (unpaired) electrons. The van der Waals surface area contributed by atoms with Crippen molar-refractivity contribution in [1.82, 2.24) is 21.3 Å². The Morgan fingerprint density at radius 1 is 0.591 bits per heavy atom. The van der Waals surface area contributed by atoms with Crippen LogP contribution in [0.2, 0.25) is 0 Å². The van der Waals surface area contributed by atoms with Gasteiger partial charge in [-0.05, 0) is 51.6 Å². The number of piperidine rings is 2. The van der Waals surface area contributed by atoms with Crippen LogP contribution >= 0.6 is 0 Å². The molecule has 0 bridgehead atoms. The molecule has 4 nitrogen and oxygen atoms in total. The fourth-order valence-electron chi connectivity index (χ4n) is 4.40. The van der Waals surface area contributed by atoms with E-state index in [2.05, 4.69) is 21.3 Å². The average molecular weight is 309 g/mol. The third kappa shape index (κ3) is 5.19. The van der Waals surface area contributed by atoms with Crippen molar-refractivity contribution in [3.63, 3.8) is 0 Å². The zero-order valence-corrected chi connectivity index (χ0v) is 14.2. The fourth-order valence-corrected chi connectivity index (χ4v) is 4.40. The van der Waals surface area contributed by atoms with E-state index in [1.807, 2.05) is 0 Å². The first-order valence-corrected chi connectivity index (χ1v) is 9.85. The Bertz CT molecular complexity index is 267. The smallest absolute Gasteiger partial charge is 0.0221 e. The van der Waals surface area contributed by atoms with E-state index in [0.29, 0.717) is 24.2 Å². The van der Waals surface area contributed by atoms with Crippen molar-refractivity contribution >= 4 is 0 Å². The van der Waals surface area contributed by atoms with Gasteiger partial charge in [0.05, 0.1) is 0 Å². The molecule has 128 valence electrons. The number of rotatable bonds is 6. The van der Waals surface area contributed by atoms with Crippen LogP contribution in [0.5, 0.6) is 0 Å². The quantitative estimate of drug-likeness (QED) is 0.604. The fraction of sp³-hybridized carbons (Fsp3) is 1.00. The first-order chi connectivity index (χ1) is 10.9. The molecule has 0 aromatic rings. The summed E-state index contributed by atoms with van der Waals surface area (Å²) in [7, 11) is 0. The second-order valence-corrected chi connectivity index (χ2v) is 7.61. The molecule has 0 spiro atoms. The average Bonchev–Trinajstić information content (AvgIpc) is 2.61. The lowest BCUT2D eigenvalue weighted by Gasteiger charge is -2.36. The minimum Gasteiger partial charge on any atom is -0.313 e. The van der Waals surface area contributed by atoms with Crippen molar-refractivity contribution in [2.24, 2.45) is 0 Å². The van der Waals surface area contributed by atoms with E-state index in [4.69, 9.17) is 0 Å². The van der Waals surface area contributed by atoms with Crippen LogP contribution in [-0.2, 0) is 0 Å². The molecule has 1 aliphatic carbocycles. The monoisotopic (exact) mass is 308 g/mol. The van der Waals surface area contributed by atoms with E-state index < -0.39 is 0 Å². The maximum atomic E-state index is 3.88. The highest BCUT2D eigenvalue weighted by molar-refractivity contribution is 4.89. The van der Waals surface area contributed by atoms with Crippen LogP contribution < -0.4 is 21.3 Å². The molecule has 22 heavy (non-hydrogen) atoms. The van der Waals surface area contributed by atoms with Crippen LogP contribution in [0.25, 0.3) is 0 Å². The predicted molar refractivity (Wildman–Crippen MR) is 93.3 cm³/mol. The second-order valence-electron chi connectivity index (χ2n) is 7.61. The Balaban J connectivity index is 1.39. The first kappa shape index (κ1) is 16.7. The van der Waals surface area contributed by atoms with Crippen molar-refractivity contribution < 1.29 is 0 Å². The van der Waals surface area contributed by atoms with Gasteiger partial charge in [0, 0.05) is 37.3 Å². The van der Waals surface area contributed by atoms with E-state index in [-0.39, 0.29) is 0 Å². The van der Waals surface area contributed by atoms with Crippen molar-refractivity contribution in [3.8, 4) is 0 Å². The number of hydrogen-bond donors (Lipinski definition) is 4. The molecule has 3 fully saturated rings. The Hall–Kier alpha value is -0.160. The van der Waals surface area contributed by atoms with Crippen LogP contribution in [0.4, 0.5) is 0 Å². The molecule has 4 atom stereocenters. The summed E-state index contributed by atoms with van der Waals surface area (Å²) in [6.07, 6.45) is 13.7. The molecule has 3 aliphatic rings. The molecule has 4 unspecified atom stereocenters. The van der Waals surface area contributed by atoms with E-state index in [0.717, 1.165) is 13.1 Å². The van der Waals surface area contributed by atoms with Gasteiger partial charge < -0.3 is 21.3 Å². The van der Waals surface area contributed by atoms with Crippen LogP contribution in [0.15, 0.2) is 0 Å². The van der Waals surface area contributed by atoms with Crippen LogP contribution in [0, 0.1) is 0 Å². The number of nitrogens with one attached hydrogen (secondary N) is 4. The summed E-state index contributed by atoms with van der Waals surface area (Å²) in [6, 6.07) is 2.77. The van der Waals surface area contributed by atoms with Gasteiger partial charge in [-0.1, -0.05) is 25.7 Å². The Labute approximate surface area is 136 Å². The standard InChI is InChI=1S/C18H36N4/c1-2-10-18(22-14-16-8-4-6-12-20-16)17(9-1)21-13-15-7-3-5-11-19-15/h15-22H,1-14H2. The molecule has 1 saturated carbocycles. The van der Waals surface area contributed by atoms with E-state index in [1.54, 1.807) is 0 Å². The Morgan fingerprint density at radius 2 is 1.05 bits per heavy atom. The highest BCUT2D eigenvalue weighted by Crippen LogP contribution is 2.19. The van der Waals surface area contributed by atoms with Gasteiger partial charge in [-0.15, -0.1) is 0 Å². The zero-order valence-electron chi connectivity index (χ0n) is 14.2. The summed E-state index contributed by atoms with van der Waals surface area (Å²) in [5.74, 6) is 0. The maximum Gasteiger partial charge on any atom is 0.0221 e. The van der Waals surface area contributed by atoms with Crippen LogP contribution in [0.3, 0.4) is 0 Å². The van der Waals surface area contributed by atoms with E-state index in [1.165, 1.54) is 77.3 Å². The third-order valence-corrected chi connectivity index (χ3v) is 5.84. The molecular weight excluding hydrogens is 272 g/mol. The summed E-state index contributed by atoms with van der Waals surface area (Å²) in [6.45, 7) is 4.74. The Morgan fingerprint density at radius 3 is 1.45 bits per heavy atom. The van der Waals surface area contributed by atoms with Crippen LogP contribution in [-0.4, -0.2) is 50.3 Å². The highest BCUT2D eigenvalue weighted by Gasteiger charge is 2.26. The molecule has 4 N–H and O–H groups in total. The summed E-state index contributed by atoms with van der Waals surface area (Å²) >= 11 is 0. The van der Waals surface area contributed by atoms with Gasteiger partial charge in [0.1, 0.15) is 0 Å². The molecule has 0 amide bonds. The normalized spacial score (nSPS) is 37.1. The summed E-state index contributed by atoms with van der Waals surface area (Å²) < 4.78 is 0. The van der Waals surface area contributed by atoms with Gasteiger partial charge >= 0.3 is 0 Å². The molecule has 2 heterocycles. The molecule has 0 aromatic carbocycles. The lowest BCUT2D eigenvalue weighted by atomic mass is 9.89. The lowest BCUT2D eigenvalue weighted by molar-refractivity contribution is 0.255. The minimum atomic E-state index is 0.682. The number of hydrogen-bond acceptors (Lipinski definition) is 4. The highest BCUT2D eigenvalue weighted by atomic mass is 15.1. The zero-order chi connectivity index (χ0) is 15.0. The third-order valence-electron chi connectivity index (χ3n) is 5.84. The van der Waals surface area contributed by atoms with Crippen molar-refractivity contribution in [1.29, 1.82) is 0 Å². The SMILES string of the molecule is C1CCC(CNC2CCCCC2NCC2CCCCN2)NC1. The molecule has 2 saturated heterocycles. The molecule has 0 aromatic heterocycles. The topological polar surface area (TPSA) is 48.1 Å². The Kier molecular flexibility index (Phi) is 6.99. The molecule has 2 aliphatic heterocycles. The van der Waals surface area contributed by atoms with Gasteiger partial charge in [0.15, 0.2) is 0 Å². The summed E-state index contributed by atoms with van der Waals surface area (Å²) in [5, 5.41) is 15.1. The van der Waals surface area contributed by atoms with Crippen LogP contribution in [0.1, 0.15) is 64.2 Å². The predicted octanol–water partition coefficient (Wildman–Crippen LogP) is 1.76. The molecular formula is C18H36N4. The van der Waals surface area contributed by atoms with Crippen molar-refractivity contribution in [2.75, 3.05) is 26.2 Å². The second kappa shape index (κ2) is 9.21. The van der Waals surface area contributed by atoms with E-state index >= 15 is 0 Å². The van der Waals surface area contributed by atoms with Gasteiger partial charge in [-0.25, -0.2) is 0 Å². The summed E-state index contributed by atoms with van der Waals surface area (Å²) in [5.41, 5.74) is 0. The largest absolute Gasteiger partial charge is 0.313 e. The minimum absolute atomic E-state index is 0.682. The van der Waals surface area contributed by atoms with E-state index in [9.17, 15) is 0 Å². The van der Waals surface area contributed by atoms with Gasteiger partial charge in [-0.3, -0.25) is 0 Å². The molecule has 3 rings (SSSR count). The molecule has 4 heteroatoms. The van der Waals surface area contributed by atoms with Crippen molar-refractivity contribution in [3.05, 3.63) is 0 Å². The van der Waals surface area contributed by atoms with Gasteiger partial charge in [0.2, 0.25) is 0 Å².